The fraction of sp³-hybridized carbons (Fsp3) is 0.462. The van der Waals surface area contributed by atoms with E-state index in [1.807, 2.05) is 19.1 Å². The van der Waals surface area contributed by atoms with Gasteiger partial charge in [-0.05, 0) is 55.3 Å². The Morgan fingerprint density at radius 2 is 1.66 bits per heavy atom. The Kier molecular flexibility index (Phi) is 9.74. The van der Waals surface area contributed by atoms with E-state index in [1.54, 1.807) is 17.0 Å². The van der Waals surface area contributed by atoms with E-state index in [9.17, 15) is 13.2 Å². The van der Waals surface area contributed by atoms with Crippen molar-refractivity contribution in [3.63, 3.8) is 0 Å². The number of fused-ring (bicyclic) bond motifs is 1. The summed E-state index contributed by atoms with van der Waals surface area (Å²) >= 11 is 1.50. The number of aromatic nitrogens is 1. The van der Waals surface area contributed by atoms with Gasteiger partial charge < -0.3 is 9.47 Å². The predicted molar refractivity (Wildman–Crippen MR) is 151 cm³/mol. The molecule has 1 aromatic heterocycles. The summed E-state index contributed by atoms with van der Waals surface area (Å²) < 4.78 is 39.2. The van der Waals surface area contributed by atoms with Gasteiger partial charge in [0, 0.05) is 44.8 Å². The standard InChI is InChI=1S/C26H32N4O5S2.ClH/c1-20-3-8-23-24(19-20)36-26(27-23)30(10-2-9-28-11-15-34-16-12-28)25(31)21-4-6-22(7-5-21)37(32,33)29-13-17-35-18-14-29;/h3-8,19H,2,9-18H2,1H3;1H. The molecule has 0 aliphatic carbocycles. The van der Waals surface area contributed by atoms with E-state index in [2.05, 4.69) is 11.0 Å². The Hall–Kier alpha value is -2.12. The van der Waals surface area contributed by atoms with Crippen LogP contribution in [0.1, 0.15) is 22.3 Å². The van der Waals surface area contributed by atoms with Crippen molar-refractivity contribution in [2.24, 2.45) is 0 Å². The van der Waals surface area contributed by atoms with Crippen LogP contribution in [0, 0.1) is 6.92 Å². The van der Waals surface area contributed by atoms with Gasteiger partial charge in [0.05, 0.1) is 41.5 Å². The molecule has 0 spiro atoms. The number of carbonyl (C=O) groups is 1. The lowest BCUT2D eigenvalue weighted by Crippen LogP contribution is -2.40. The third kappa shape index (κ3) is 6.53. The first-order valence-corrected chi connectivity index (χ1v) is 14.8. The van der Waals surface area contributed by atoms with Crippen LogP contribution in [0.4, 0.5) is 5.13 Å². The number of hydrogen-bond acceptors (Lipinski definition) is 8. The summed E-state index contributed by atoms with van der Waals surface area (Å²) in [6.07, 6.45) is 0.796. The topological polar surface area (TPSA) is 92.3 Å². The zero-order chi connectivity index (χ0) is 25.8. The van der Waals surface area contributed by atoms with Crippen molar-refractivity contribution in [3.8, 4) is 0 Å². The Morgan fingerprint density at radius 3 is 2.34 bits per heavy atom. The van der Waals surface area contributed by atoms with Crippen molar-refractivity contribution < 1.29 is 22.7 Å². The van der Waals surface area contributed by atoms with Crippen LogP contribution < -0.4 is 4.90 Å². The van der Waals surface area contributed by atoms with Crippen molar-refractivity contribution in [2.45, 2.75) is 18.2 Å². The Morgan fingerprint density at radius 1 is 1.00 bits per heavy atom. The number of anilines is 1. The number of morpholine rings is 2. The van der Waals surface area contributed by atoms with E-state index in [4.69, 9.17) is 14.5 Å². The highest BCUT2D eigenvalue weighted by atomic mass is 35.5. The van der Waals surface area contributed by atoms with Crippen molar-refractivity contribution in [1.29, 1.82) is 0 Å². The van der Waals surface area contributed by atoms with Crippen LogP contribution in [0.15, 0.2) is 47.4 Å². The summed E-state index contributed by atoms with van der Waals surface area (Å²) in [6, 6.07) is 12.3. The van der Waals surface area contributed by atoms with Gasteiger partial charge in [-0.3, -0.25) is 14.6 Å². The van der Waals surface area contributed by atoms with Crippen LogP contribution in [0.25, 0.3) is 10.2 Å². The normalized spacial score (nSPS) is 17.3. The molecule has 3 heterocycles. The first kappa shape index (κ1) is 28.9. The van der Waals surface area contributed by atoms with Gasteiger partial charge in [0.25, 0.3) is 5.91 Å². The largest absolute Gasteiger partial charge is 0.379 e. The molecular formula is C26H33ClN4O5S2. The number of aryl methyl sites for hydroxylation is 1. The molecule has 5 rings (SSSR count). The van der Waals surface area contributed by atoms with E-state index in [-0.39, 0.29) is 23.2 Å². The number of ether oxygens (including phenoxy) is 2. The first-order chi connectivity index (χ1) is 17.9. The number of benzene rings is 2. The number of nitrogens with zero attached hydrogens (tertiary/aromatic N) is 4. The molecule has 0 atom stereocenters. The molecule has 0 bridgehead atoms. The monoisotopic (exact) mass is 580 g/mol. The van der Waals surface area contributed by atoms with Gasteiger partial charge in [-0.2, -0.15) is 4.31 Å². The van der Waals surface area contributed by atoms with Crippen molar-refractivity contribution in [1.82, 2.24) is 14.2 Å². The summed E-state index contributed by atoms with van der Waals surface area (Å²) in [5.41, 5.74) is 2.44. The highest BCUT2D eigenvalue weighted by Gasteiger charge is 2.27. The third-order valence-corrected chi connectivity index (χ3v) is 9.63. The van der Waals surface area contributed by atoms with E-state index in [0.717, 1.165) is 55.0 Å². The lowest BCUT2D eigenvalue weighted by atomic mass is 10.2. The SMILES string of the molecule is Cc1ccc2nc(N(CCCN3CCOCC3)C(=O)c3ccc(S(=O)(=O)N4CCOCC4)cc3)sc2c1.Cl. The summed E-state index contributed by atoms with van der Waals surface area (Å²) in [5.74, 6) is -0.187. The number of hydrogen-bond donors (Lipinski definition) is 0. The molecule has 0 N–H and O–H groups in total. The smallest absolute Gasteiger partial charge is 0.260 e. The van der Waals surface area contributed by atoms with Gasteiger partial charge in [0.2, 0.25) is 10.0 Å². The molecule has 2 saturated heterocycles. The average molecular weight is 581 g/mol. The molecule has 2 aromatic carbocycles. The fourth-order valence-corrected chi connectivity index (χ4v) is 7.05. The maximum absolute atomic E-state index is 13.7. The third-order valence-electron chi connectivity index (χ3n) is 6.68. The molecule has 9 nitrogen and oxygen atoms in total. The molecule has 2 aliphatic heterocycles. The van der Waals surface area contributed by atoms with Crippen LogP contribution in [-0.4, -0.2) is 94.2 Å². The van der Waals surface area contributed by atoms with E-state index in [0.29, 0.717) is 43.5 Å². The summed E-state index contributed by atoms with van der Waals surface area (Å²) in [5, 5.41) is 0.651. The molecule has 2 fully saturated rings. The Bertz CT molecular complexity index is 1340. The Labute approximate surface area is 233 Å². The van der Waals surface area contributed by atoms with E-state index < -0.39 is 10.0 Å². The minimum absolute atomic E-state index is 0. The summed E-state index contributed by atoms with van der Waals surface area (Å²) in [4.78, 5) is 22.7. The second-order valence-electron chi connectivity index (χ2n) is 9.27. The molecule has 206 valence electrons. The molecule has 0 radical (unpaired) electrons. The molecule has 1 amide bonds. The molecule has 2 aliphatic rings. The zero-order valence-electron chi connectivity index (χ0n) is 21.4. The van der Waals surface area contributed by atoms with E-state index >= 15 is 0 Å². The molecule has 0 unspecified atom stereocenters. The fourth-order valence-electron chi connectivity index (χ4n) is 4.56. The summed E-state index contributed by atoms with van der Waals surface area (Å²) in [7, 11) is -3.62. The minimum atomic E-state index is -3.62. The van der Waals surface area contributed by atoms with Crippen molar-refractivity contribution >= 4 is 55.0 Å². The first-order valence-electron chi connectivity index (χ1n) is 12.6. The minimum Gasteiger partial charge on any atom is -0.379 e. The predicted octanol–water partition coefficient (Wildman–Crippen LogP) is 3.42. The van der Waals surface area contributed by atoms with Crippen molar-refractivity contribution in [3.05, 3.63) is 53.6 Å². The number of rotatable bonds is 8. The molecule has 0 saturated carbocycles. The zero-order valence-corrected chi connectivity index (χ0v) is 23.8. The number of carbonyl (C=O) groups excluding carboxylic acids is 1. The van der Waals surface area contributed by atoms with Crippen LogP contribution in [-0.2, 0) is 19.5 Å². The van der Waals surface area contributed by atoms with Crippen molar-refractivity contribution in [2.75, 3.05) is 70.6 Å². The second kappa shape index (κ2) is 12.8. The maximum atomic E-state index is 13.7. The van der Waals surface area contributed by atoms with Crippen LogP contribution >= 0.6 is 23.7 Å². The quantitative estimate of drug-likeness (QED) is 0.403. The Balaban J connectivity index is 0.00000336. The molecule has 38 heavy (non-hydrogen) atoms. The lowest BCUT2D eigenvalue weighted by Gasteiger charge is -2.28. The molecule has 3 aromatic rings. The number of sulfonamides is 1. The van der Waals surface area contributed by atoms with Gasteiger partial charge in [0.15, 0.2) is 5.13 Å². The number of halogens is 1. The van der Waals surface area contributed by atoms with Gasteiger partial charge in [-0.25, -0.2) is 13.4 Å². The van der Waals surface area contributed by atoms with Gasteiger partial charge in [0.1, 0.15) is 0 Å². The highest BCUT2D eigenvalue weighted by Crippen LogP contribution is 2.31. The number of amides is 1. The molecular weight excluding hydrogens is 548 g/mol. The maximum Gasteiger partial charge on any atom is 0.260 e. The molecule has 12 heteroatoms. The average Bonchev–Trinajstić information content (AvgIpc) is 3.34. The number of thiazole rings is 1. The van der Waals surface area contributed by atoms with Gasteiger partial charge >= 0.3 is 0 Å². The summed E-state index contributed by atoms with van der Waals surface area (Å²) in [6.45, 7) is 8.12. The van der Waals surface area contributed by atoms with Crippen LogP contribution in [0.3, 0.4) is 0 Å². The lowest BCUT2D eigenvalue weighted by molar-refractivity contribution is 0.0376. The van der Waals surface area contributed by atoms with Gasteiger partial charge in [-0.15, -0.1) is 12.4 Å². The second-order valence-corrected chi connectivity index (χ2v) is 12.2. The van der Waals surface area contributed by atoms with Gasteiger partial charge in [-0.1, -0.05) is 17.4 Å². The van der Waals surface area contributed by atoms with Crippen LogP contribution in [0.5, 0.6) is 0 Å². The van der Waals surface area contributed by atoms with Crippen LogP contribution in [0.2, 0.25) is 0 Å². The van der Waals surface area contributed by atoms with E-state index in [1.165, 1.54) is 27.8 Å². The highest BCUT2D eigenvalue weighted by molar-refractivity contribution is 7.89.